The van der Waals surface area contributed by atoms with Crippen LogP contribution in [-0.4, -0.2) is 38.7 Å². The normalized spacial score (nSPS) is 11.5. The predicted molar refractivity (Wildman–Crippen MR) is 110 cm³/mol. The van der Waals surface area contributed by atoms with Gasteiger partial charge < -0.3 is 16.0 Å². The largest absolute Gasteiger partial charge is 0.388 e. The van der Waals surface area contributed by atoms with Crippen LogP contribution in [0, 0.1) is 3.57 Å². The van der Waals surface area contributed by atoms with E-state index in [2.05, 4.69) is 43.6 Å². The van der Waals surface area contributed by atoms with E-state index in [0.29, 0.717) is 16.9 Å². The first kappa shape index (κ1) is 17.8. The summed E-state index contributed by atoms with van der Waals surface area (Å²) in [5, 5.41) is 13.9. The Kier molecular flexibility index (Phi) is 4.78. The van der Waals surface area contributed by atoms with Crippen LogP contribution in [0.5, 0.6) is 0 Å². The van der Waals surface area contributed by atoms with Gasteiger partial charge in [-0.1, -0.05) is 6.07 Å². The highest BCUT2D eigenvalue weighted by Crippen LogP contribution is 2.35. The number of nitrogens with zero attached hydrogens (tertiary/aromatic N) is 2. The molecule has 0 spiro atoms. The fourth-order valence-electron chi connectivity index (χ4n) is 2.67. The number of fused-ring (bicyclic) bond motifs is 1. The van der Waals surface area contributed by atoms with E-state index in [1.807, 2.05) is 12.1 Å². The summed E-state index contributed by atoms with van der Waals surface area (Å²) >= 11 is 2.15. The van der Waals surface area contributed by atoms with Crippen LogP contribution in [0.3, 0.4) is 0 Å². The van der Waals surface area contributed by atoms with E-state index in [1.165, 1.54) is 0 Å². The zero-order chi connectivity index (χ0) is 18.2. The number of aromatic nitrogens is 2. The lowest BCUT2D eigenvalue weighted by Gasteiger charge is -2.17. The molecule has 3 rings (SSSR count). The van der Waals surface area contributed by atoms with Crippen LogP contribution >= 0.6 is 22.6 Å². The summed E-state index contributed by atoms with van der Waals surface area (Å²) in [4.78, 5) is 0.153. The quantitative estimate of drug-likeness (QED) is 0.496. The van der Waals surface area contributed by atoms with Crippen LogP contribution in [0.4, 0.5) is 17.1 Å². The molecule has 3 aromatic rings. The maximum atomic E-state index is 13.4. The number of rotatable bonds is 5. The Morgan fingerprint density at radius 3 is 2.20 bits per heavy atom. The van der Waals surface area contributed by atoms with Crippen LogP contribution in [0.1, 0.15) is 0 Å². The Hall–Kier alpha value is -2.01. The first-order chi connectivity index (χ1) is 11.9. The average molecular weight is 471 g/mol. The lowest BCUT2D eigenvalue weighted by atomic mass is 10.2. The first-order valence-corrected chi connectivity index (χ1v) is 10.0. The summed E-state index contributed by atoms with van der Waals surface area (Å²) in [6, 6.07) is 9.09. The maximum Gasteiger partial charge on any atom is 0.287 e. The van der Waals surface area contributed by atoms with Gasteiger partial charge >= 0.3 is 0 Å². The molecule has 25 heavy (non-hydrogen) atoms. The number of halogens is 1. The maximum absolute atomic E-state index is 13.4. The van der Waals surface area contributed by atoms with Gasteiger partial charge in [0.25, 0.3) is 10.0 Å². The van der Waals surface area contributed by atoms with Crippen LogP contribution < -0.4 is 16.0 Å². The molecule has 0 bridgehead atoms. The molecule has 0 aliphatic rings. The molecule has 0 fully saturated rings. The third-order valence-corrected chi connectivity index (χ3v) is 6.28. The van der Waals surface area contributed by atoms with Gasteiger partial charge in [0.1, 0.15) is 4.90 Å². The van der Waals surface area contributed by atoms with Gasteiger partial charge in [-0.25, -0.2) is 0 Å². The van der Waals surface area contributed by atoms with Crippen LogP contribution in [-0.2, 0) is 10.0 Å². The molecule has 0 unspecified atom stereocenters. The molecule has 132 valence electrons. The molecule has 0 amide bonds. The number of nitrogens with one attached hydrogen (secondary N) is 3. The Bertz CT molecular complexity index is 1020. The molecule has 0 saturated heterocycles. The second kappa shape index (κ2) is 6.71. The van der Waals surface area contributed by atoms with Gasteiger partial charge in [-0.2, -0.15) is 17.6 Å². The van der Waals surface area contributed by atoms with Gasteiger partial charge in [-0.15, -0.1) is 0 Å². The van der Waals surface area contributed by atoms with Gasteiger partial charge in [-0.05, 0) is 46.9 Å². The van der Waals surface area contributed by atoms with Crippen molar-refractivity contribution in [1.82, 2.24) is 9.19 Å². The SMILES string of the molecule is CNc1cc(NC)c(S(=O)(=O)n2ncc3ccc(I)cc32)c(NC)c1. The summed E-state index contributed by atoms with van der Waals surface area (Å²) in [6.45, 7) is 0. The minimum Gasteiger partial charge on any atom is -0.388 e. The van der Waals surface area contributed by atoms with E-state index in [0.717, 1.165) is 18.7 Å². The number of hydrogen-bond acceptors (Lipinski definition) is 6. The van der Waals surface area contributed by atoms with Crippen molar-refractivity contribution in [3.05, 3.63) is 40.1 Å². The molecule has 0 aliphatic heterocycles. The van der Waals surface area contributed by atoms with E-state index in [4.69, 9.17) is 0 Å². The summed E-state index contributed by atoms with van der Waals surface area (Å²) in [5.74, 6) is 0. The van der Waals surface area contributed by atoms with Crippen LogP contribution in [0.15, 0.2) is 41.4 Å². The Labute approximate surface area is 160 Å². The summed E-state index contributed by atoms with van der Waals surface area (Å²) < 4.78 is 28.8. The number of benzene rings is 2. The molecule has 3 N–H and O–H groups in total. The fraction of sp³-hybridized carbons (Fsp3) is 0.188. The van der Waals surface area contributed by atoms with E-state index < -0.39 is 10.0 Å². The van der Waals surface area contributed by atoms with Crippen molar-refractivity contribution >= 4 is 60.6 Å². The van der Waals surface area contributed by atoms with Gasteiger partial charge in [0.2, 0.25) is 0 Å². The second-order valence-electron chi connectivity index (χ2n) is 5.35. The highest BCUT2D eigenvalue weighted by molar-refractivity contribution is 14.1. The van der Waals surface area contributed by atoms with Crippen molar-refractivity contribution in [2.24, 2.45) is 0 Å². The lowest BCUT2D eigenvalue weighted by Crippen LogP contribution is -2.18. The minimum atomic E-state index is -3.90. The molecule has 1 heterocycles. The van der Waals surface area contributed by atoms with Gasteiger partial charge in [0.05, 0.1) is 23.1 Å². The second-order valence-corrected chi connectivity index (χ2v) is 8.30. The predicted octanol–water partition coefficient (Wildman–Crippen LogP) is 3.00. The lowest BCUT2D eigenvalue weighted by molar-refractivity contribution is 0.583. The third kappa shape index (κ3) is 3.01. The van der Waals surface area contributed by atoms with E-state index in [-0.39, 0.29) is 4.90 Å². The molecular weight excluding hydrogens is 453 g/mol. The summed E-state index contributed by atoms with van der Waals surface area (Å²) in [7, 11) is 1.27. The van der Waals surface area contributed by atoms with Crippen molar-refractivity contribution in [2.45, 2.75) is 4.90 Å². The van der Waals surface area contributed by atoms with Gasteiger partial charge in [0.15, 0.2) is 0 Å². The number of anilines is 3. The Morgan fingerprint density at radius 2 is 1.64 bits per heavy atom. The number of hydrogen-bond donors (Lipinski definition) is 3. The Balaban J connectivity index is 2.32. The standard InChI is InChI=1S/C16H18IN5O2S/c1-18-12-7-13(19-2)16(14(8-12)20-3)25(23,24)22-15-6-11(17)5-4-10(15)9-21-22/h4-9,18-20H,1-3H3. The van der Waals surface area contributed by atoms with Crippen LogP contribution in [0.25, 0.3) is 10.9 Å². The van der Waals surface area contributed by atoms with Gasteiger partial charge in [0, 0.05) is 35.8 Å². The van der Waals surface area contributed by atoms with E-state index in [9.17, 15) is 8.42 Å². The van der Waals surface area contributed by atoms with Crippen molar-refractivity contribution in [2.75, 3.05) is 37.1 Å². The average Bonchev–Trinajstić information content (AvgIpc) is 3.03. The third-order valence-electron chi connectivity index (χ3n) is 3.90. The molecule has 0 saturated carbocycles. The van der Waals surface area contributed by atoms with E-state index >= 15 is 0 Å². The van der Waals surface area contributed by atoms with E-state index in [1.54, 1.807) is 45.5 Å². The van der Waals surface area contributed by atoms with Crippen molar-refractivity contribution in [3.8, 4) is 0 Å². The highest BCUT2D eigenvalue weighted by atomic mass is 127. The smallest absolute Gasteiger partial charge is 0.287 e. The van der Waals surface area contributed by atoms with Crippen molar-refractivity contribution in [3.63, 3.8) is 0 Å². The monoisotopic (exact) mass is 471 g/mol. The molecule has 7 nitrogen and oxygen atoms in total. The molecule has 9 heteroatoms. The molecule has 1 aromatic heterocycles. The molecule has 2 aromatic carbocycles. The fourth-order valence-corrected chi connectivity index (χ4v) is 4.78. The Morgan fingerprint density at radius 1 is 1.00 bits per heavy atom. The topological polar surface area (TPSA) is 88.0 Å². The zero-order valence-corrected chi connectivity index (χ0v) is 16.9. The van der Waals surface area contributed by atoms with Gasteiger partial charge in [-0.3, -0.25) is 0 Å². The molecular formula is C16H18IN5O2S. The molecule has 0 aliphatic carbocycles. The first-order valence-electron chi connectivity index (χ1n) is 7.52. The summed E-state index contributed by atoms with van der Waals surface area (Å²) in [5.41, 5.74) is 2.33. The van der Waals surface area contributed by atoms with Crippen LogP contribution in [0.2, 0.25) is 0 Å². The summed E-state index contributed by atoms with van der Waals surface area (Å²) in [6.07, 6.45) is 1.56. The zero-order valence-electron chi connectivity index (χ0n) is 14.0. The van der Waals surface area contributed by atoms with Crippen molar-refractivity contribution < 1.29 is 8.42 Å². The van der Waals surface area contributed by atoms with Crippen molar-refractivity contribution in [1.29, 1.82) is 0 Å². The molecule has 0 radical (unpaired) electrons. The minimum absolute atomic E-state index is 0.153. The highest BCUT2D eigenvalue weighted by Gasteiger charge is 2.27. The molecule has 0 atom stereocenters.